The smallest absolute Gasteiger partial charge is 0.0334 e. The maximum atomic E-state index is 6.21. The number of nitrogens with zero attached hydrogens (tertiary/aromatic N) is 1. The van der Waals surface area contributed by atoms with E-state index < -0.39 is 0 Å². The predicted octanol–water partition coefficient (Wildman–Crippen LogP) is 3.30. The van der Waals surface area contributed by atoms with Gasteiger partial charge in [0.1, 0.15) is 0 Å². The standard InChI is InChI=1S/C15H30N2/c1-2-14-9-8-12-17(14)15(13-16)10-6-4-3-5-7-11-15/h14H,2-13,16H2,1H3. The van der Waals surface area contributed by atoms with Gasteiger partial charge in [0, 0.05) is 18.1 Å². The van der Waals surface area contributed by atoms with Crippen LogP contribution in [0.25, 0.3) is 0 Å². The highest BCUT2D eigenvalue weighted by molar-refractivity contribution is 4.97. The molecule has 1 saturated heterocycles. The Hall–Kier alpha value is -0.0800. The third-order valence-electron chi connectivity index (χ3n) is 5.12. The van der Waals surface area contributed by atoms with E-state index in [1.54, 1.807) is 0 Å². The SMILES string of the molecule is CCC1CCCN1C1(CN)CCCCCCC1. The molecule has 0 radical (unpaired) electrons. The van der Waals surface area contributed by atoms with Crippen LogP contribution in [0.15, 0.2) is 0 Å². The minimum Gasteiger partial charge on any atom is -0.329 e. The fourth-order valence-electron chi connectivity index (χ4n) is 4.06. The molecule has 0 aromatic heterocycles. The Kier molecular flexibility index (Phi) is 4.87. The molecule has 1 heterocycles. The molecular formula is C15H30N2. The normalized spacial score (nSPS) is 31.1. The van der Waals surface area contributed by atoms with Crippen LogP contribution in [0.2, 0.25) is 0 Å². The molecule has 100 valence electrons. The Morgan fingerprint density at radius 1 is 1.06 bits per heavy atom. The van der Waals surface area contributed by atoms with Gasteiger partial charge < -0.3 is 5.73 Å². The summed E-state index contributed by atoms with van der Waals surface area (Å²) in [5, 5.41) is 0. The summed E-state index contributed by atoms with van der Waals surface area (Å²) in [7, 11) is 0. The van der Waals surface area contributed by atoms with Crippen molar-refractivity contribution in [2.24, 2.45) is 5.73 Å². The third kappa shape index (κ3) is 2.85. The molecule has 0 bridgehead atoms. The molecule has 17 heavy (non-hydrogen) atoms. The van der Waals surface area contributed by atoms with Crippen molar-refractivity contribution >= 4 is 0 Å². The Morgan fingerprint density at radius 2 is 1.71 bits per heavy atom. The number of nitrogens with two attached hydrogens (primary N) is 1. The largest absolute Gasteiger partial charge is 0.329 e. The van der Waals surface area contributed by atoms with Crippen molar-refractivity contribution in [2.45, 2.75) is 82.7 Å². The van der Waals surface area contributed by atoms with E-state index in [9.17, 15) is 0 Å². The average Bonchev–Trinajstić information content (AvgIpc) is 2.78. The molecular weight excluding hydrogens is 208 g/mol. The van der Waals surface area contributed by atoms with Crippen LogP contribution in [0.5, 0.6) is 0 Å². The lowest BCUT2D eigenvalue weighted by Gasteiger charge is -2.45. The van der Waals surface area contributed by atoms with E-state index in [0.29, 0.717) is 5.54 Å². The fourth-order valence-corrected chi connectivity index (χ4v) is 4.06. The van der Waals surface area contributed by atoms with Gasteiger partial charge >= 0.3 is 0 Å². The Bertz CT molecular complexity index is 219. The van der Waals surface area contributed by atoms with Gasteiger partial charge in [-0.25, -0.2) is 0 Å². The van der Waals surface area contributed by atoms with Crippen molar-refractivity contribution in [3.63, 3.8) is 0 Å². The van der Waals surface area contributed by atoms with Gasteiger partial charge in [-0.05, 0) is 38.6 Å². The highest BCUT2D eigenvalue weighted by Crippen LogP contribution is 2.37. The van der Waals surface area contributed by atoms with Crippen LogP contribution < -0.4 is 5.73 Å². The molecule has 0 aromatic carbocycles. The molecule has 2 fully saturated rings. The van der Waals surface area contributed by atoms with Crippen molar-refractivity contribution in [3.8, 4) is 0 Å². The van der Waals surface area contributed by atoms with Gasteiger partial charge in [0.2, 0.25) is 0 Å². The summed E-state index contributed by atoms with van der Waals surface area (Å²) in [6, 6.07) is 0.818. The first kappa shape index (κ1) is 13.4. The van der Waals surface area contributed by atoms with Crippen LogP contribution in [0, 0.1) is 0 Å². The minimum atomic E-state index is 0.359. The molecule has 1 saturated carbocycles. The van der Waals surface area contributed by atoms with Gasteiger partial charge in [-0.2, -0.15) is 0 Å². The Labute approximate surface area is 107 Å². The zero-order chi connectivity index (χ0) is 12.1. The predicted molar refractivity (Wildman–Crippen MR) is 74.1 cm³/mol. The molecule has 2 rings (SSSR count). The minimum absolute atomic E-state index is 0.359. The van der Waals surface area contributed by atoms with Gasteiger partial charge in [0.25, 0.3) is 0 Å². The van der Waals surface area contributed by atoms with Gasteiger partial charge in [-0.3, -0.25) is 4.90 Å². The molecule has 2 nitrogen and oxygen atoms in total. The third-order valence-corrected chi connectivity index (χ3v) is 5.12. The lowest BCUT2D eigenvalue weighted by Crippen LogP contribution is -2.55. The van der Waals surface area contributed by atoms with E-state index in [4.69, 9.17) is 5.73 Å². The molecule has 1 aliphatic carbocycles. The van der Waals surface area contributed by atoms with Crippen LogP contribution in [0.3, 0.4) is 0 Å². The quantitative estimate of drug-likeness (QED) is 0.817. The molecule has 1 atom stereocenters. The molecule has 0 aromatic rings. The summed E-state index contributed by atoms with van der Waals surface area (Å²) in [6.45, 7) is 4.52. The molecule has 2 heteroatoms. The topological polar surface area (TPSA) is 29.3 Å². The van der Waals surface area contributed by atoms with Gasteiger partial charge in [-0.15, -0.1) is 0 Å². The van der Waals surface area contributed by atoms with E-state index in [-0.39, 0.29) is 0 Å². The first-order valence-electron chi connectivity index (χ1n) is 7.79. The van der Waals surface area contributed by atoms with E-state index >= 15 is 0 Å². The highest BCUT2D eigenvalue weighted by atomic mass is 15.2. The maximum absolute atomic E-state index is 6.21. The van der Waals surface area contributed by atoms with E-state index in [1.165, 1.54) is 70.8 Å². The lowest BCUT2D eigenvalue weighted by atomic mass is 9.82. The first-order valence-corrected chi connectivity index (χ1v) is 7.79. The second-order valence-corrected chi connectivity index (χ2v) is 6.09. The lowest BCUT2D eigenvalue weighted by molar-refractivity contribution is 0.0532. The zero-order valence-corrected chi connectivity index (χ0v) is 11.6. The van der Waals surface area contributed by atoms with Gasteiger partial charge in [0.05, 0.1) is 0 Å². The Balaban J connectivity index is 2.09. The van der Waals surface area contributed by atoms with Crippen LogP contribution in [-0.2, 0) is 0 Å². The first-order chi connectivity index (χ1) is 8.32. The molecule has 2 aliphatic rings. The molecule has 2 N–H and O–H groups in total. The molecule has 0 amide bonds. The maximum Gasteiger partial charge on any atom is 0.0334 e. The van der Waals surface area contributed by atoms with Crippen LogP contribution in [-0.4, -0.2) is 29.6 Å². The van der Waals surface area contributed by atoms with E-state index in [0.717, 1.165) is 12.6 Å². The zero-order valence-electron chi connectivity index (χ0n) is 11.6. The molecule has 1 aliphatic heterocycles. The van der Waals surface area contributed by atoms with Crippen molar-refractivity contribution in [2.75, 3.05) is 13.1 Å². The van der Waals surface area contributed by atoms with Gasteiger partial charge in [0.15, 0.2) is 0 Å². The number of likely N-dealkylation sites (tertiary alicyclic amines) is 1. The molecule has 1 unspecified atom stereocenters. The summed E-state index contributed by atoms with van der Waals surface area (Å²) >= 11 is 0. The highest BCUT2D eigenvalue weighted by Gasteiger charge is 2.40. The summed E-state index contributed by atoms with van der Waals surface area (Å²) in [6.07, 6.45) is 13.9. The summed E-state index contributed by atoms with van der Waals surface area (Å²) in [5.74, 6) is 0. The fraction of sp³-hybridized carbons (Fsp3) is 1.00. The van der Waals surface area contributed by atoms with E-state index in [1.807, 2.05) is 0 Å². The Morgan fingerprint density at radius 3 is 2.29 bits per heavy atom. The van der Waals surface area contributed by atoms with Crippen molar-refractivity contribution in [1.29, 1.82) is 0 Å². The van der Waals surface area contributed by atoms with Crippen LogP contribution in [0.4, 0.5) is 0 Å². The molecule has 0 spiro atoms. The van der Waals surface area contributed by atoms with E-state index in [2.05, 4.69) is 11.8 Å². The number of hydrogen-bond donors (Lipinski definition) is 1. The van der Waals surface area contributed by atoms with Crippen molar-refractivity contribution < 1.29 is 0 Å². The van der Waals surface area contributed by atoms with Gasteiger partial charge in [-0.1, -0.05) is 39.0 Å². The second kappa shape index (κ2) is 6.19. The van der Waals surface area contributed by atoms with Crippen LogP contribution >= 0.6 is 0 Å². The average molecular weight is 238 g/mol. The number of rotatable bonds is 3. The summed E-state index contributed by atoms with van der Waals surface area (Å²) in [4.78, 5) is 2.80. The van der Waals surface area contributed by atoms with Crippen molar-refractivity contribution in [3.05, 3.63) is 0 Å². The number of hydrogen-bond acceptors (Lipinski definition) is 2. The summed E-state index contributed by atoms with van der Waals surface area (Å²) in [5.41, 5.74) is 6.57. The van der Waals surface area contributed by atoms with Crippen molar-refractivity contribution in [1.82, 2.24) is 4.90 Å². The monoisotopic (exact) mass is 238 g/mol. The van der Waals surface area contributed by atoms with Crippen LogP contribution in [0.1, 0.15) is 71.1 Å². The second-order valence-electron chi connectivity index (χ2n) is 6.09. The summed E-state index contributed by atoms with van der Waals surface area (Å²) < 4.78 is 0.